The van der Waals surface area contributed by atoms with Crippen molar-refractivity contribution in [1.82, 2.24) is 0 Å². The number of hydrogen-bond acceptors (Lipinski definition) is 6. The molecule has 0 spiro atoms. The first kappa shape index (κ1) is 75.1. The van der Waals surface area contributed by atoms with E-state index in [0.29, 0.717) is 19.3 Å². The van der Waals surface area contributed by atoms with Crippen molar-refractivity contribution < 1.29 is 28.6 Å². The van der Waals surface area contributed by atoms with E-state index in [4.69, 9.17) is 14.2 Å². The molecular formula is C73H124O6. The average molecular weight is 1100 g/mol. The third-order valence-corrected chi connectivity index (χ3v) is 14.3. The third-order valence-electron chi connectivity index (χ3n) is 14.3. The normalized spacial score (nSPS) is 12.8. The summed E-state index contributed by atoms with van der Waals surface area (Å²) in [7, 11) is 0. The number of ether oxygens (including phenoxy) is 3. The maximum atomic E-state index is 12.8. The highest BCUT2D eigenvalue weighted by molar-refractivity contribution is 5.71. The molecule has 0 aromatic carbocycles. The molecule has 1 atom stereocenters. The molecule has 6 heteroatoms. The molecule has 0 bridgehead atoms. The Morgan fingerprint density at radius 3 is 0.785 bits per heavy atom. The lowest BCUT2D eigenvalue weighted by atomic mass is 10.0. The molecule has 0 aliphatic rings. The van der Waals surface area contributed by atoms with Crippen molar-refractivity contribution in [3.8, 4) is 0 Å². The molecule has 0 heterocycles. The molecule has 79 heavy (non-hydrogen) atoms. The molecule has 452 valence electrons. The summed E-state index contributed by atoms with van der Waals surface area (Å²) in [5.41, 5.74) is 0. The van der Waals surface area contributed by atoms with Gasteiger partial charge in [-0.05, 0) is 109 Å². The molecule has 0 aliphatic heterocycles. The zero-order valence-electron chi connectivity index (χ0n) is 51.9. The molecule has 1 unspecified atom stereocenters. The van der Waals surface area contributed by atoms with Crippen LogP contribution in [-0.2, 0) is 28.6 Å². The van der Waals surface area contributed by atoms with E-state index in [1.54, 1.807) is 0 Å². The number of carbonyl (C=O) groups excluding carboxylic acids is 3. The van der Waals surface area contributed by atoms with E-state index in [9.17, 15) is 14.4 Å². The van der Waals surface area contributed by atoms with Gasteiger partial charge in [0.05, 0.1) is 0 Å². The number of esters is 3. The van der Waals surface area contributed by atoms with Gasteiger partial charge in [0.15, 0.2) is 6.10 Å². The Hall–Kier alpha value is -3.93. The SMILES string of the molecule is CC/C=C\C/C=C\C/C=C\C/C=C\C/C=C\C/C=C\C/C=C\C/C=C\CCCCCCCCCCCCC(=O)OCC(COC(=O)CCCCCCC)OC(=O)CCCCCCCCCCC/C=C\CCCCCCCCCC. The van der Waals surface area contributed by atoms with E-state index < -0.39 is 6.10 Å². The van der Waals surface area contributed by atoms with Gasteiger partial charge in [-0.2, -0.15) is 0 Å². The van der Waals surface area contributed by atoms with Crippen LogP contribution >= 0.6 is 0 Å². The first-order chi connectivity index (χ1) is 39.0. The van der Waals surface area contributed by atoms with E-state index in [1.165, 1.54) is 161 Å². The lowest BCUT2D eigenvalue weighted by molar-refractivity contribution is -0.167. The standard InChI is InChI=1S/C73H124O6/c1-4-7-10-13-15-17-19-21-23-25-27-29-30-31-32-33-34-35-36-37-38-39-40-41-42-44-45-47-49-51-53-55-57-60-63-66-72(75)78-69-70(68-77-71(74)65-62-59-12-9-6-3)79-73(76)67-64-61-58-56-54-52-50-48-46-43-28-26-24-22-20-18-16-14-11-8-5-2/h7,10,15,17,21,23,26-29,31-32,34-35,37-38,40-41,70H,4-6,8-9,11-14,16,18-20,22,24-25,30,33,36,39,42-69H2,1-3H3/b10-7-,17-15-,23-21-,28-26-,29-27-,32-31-,35-34-,38-37-,41-40-. The van der Waals surface area contributed by atoms with Gasteiger partial charge in [-0.1, -0.05) is 297 Å². The van der Waals surface area contributed by atoms with Crippen molar-refractivity contribution in [2.45, 2.75) is 322 Å². The fourth-order valence-electron chi connectivity index (χ4n) is 9.28. The lowest BCUT2D eigenvalue weighted by Gasteiger charge is -2.18. The molecule has 0 rings (SSSR count). The molecule has 0 aliphatic carbocycles. The van der Waals surface area contributed by atoms with Crippen LogP contribution in [0.5, 0.6) is 0 Å². The molecule has 6 nitrogen and oxygen atoms in total. The van der Waals surface area contributed by atoms with Gasteiger partial charge in [-0.25, -0.2) is 0 Å². The van der Waals surface area contributed by atoms with Crippen LogP contribution in [0.15, 0.2) is 109 Å². The number of rotatable bonds is 60. The summed E-state index contributed by atoms with van der Waals surface area (Å²) in [5.74, 6) is -0.891. The smallest absolute Gasteiger partial charge is 0.306 e. The number of hydrogen-bond donors (Lipinski definition) is 0. The first-order valence-electron chi connectivity index (χ1n) is 33.4. The van der Waals surface area contributed by atoms with Crippen molar-refractivity contribution >= 4 is 17.9 Å². The van der Waals surface area contributed by atoms with Crippen LogP contribution in [0.3, 0.4) is 0 Å². The van der Waals surface area contributed by atoms with Crippen molar-refractivity contribution in [2.75, 3.05) is 13.2 Å². The summed E-state index contributed by atoms with van der Waals surface area (Å²) in [6.07, 6.45) is 91.5. The molecule has 0 aromatic heterocycles. The Kier molecular flexibility index (Phi) is 63.3. The summed E-state index contributed by atoms with van der Waals surface area (Å²) in [6.45, 7) is 6.46. The van der Waals surface area contributed by atoms with Crippen LogP contribution in [0.25, 0.3) is 0 Å². The Labute approximate surface area is 489 Å². The zero-order chi connectivity index (χ0) is 57.1. The Bertz CT molecular complexity index is 1590. The molecule has 0 saturated heterocycles. The van der Waals surface area contributed by atoms with Gasteiger partial charge in [0, 0.05) is 19.3 Å². The summed E-state index contributed by atoms with van der Waals surface area (Å²) < 4.78 is 16.8. The van der Waals surface area contributed by atoms with Gasteiger partial charge >= 0.3 is 17.9 Å². The zero-order valence-corrected chi connectivity index (χ0v) is 51.9. The molecule has 0 aromatic rings. The van der Waals surface area contributed by atoms with Gasteiger partial charge in [-0.3, -0.25) is 14.4 Å². The van der Waals surface area contributed by atoms with Gasteiger partial charge < -0.3 is 14.2 Å². The van der Waals surface area contributed by atoms with E-state index in [2.05, 4.69) is 130 Å². The second kappa shape index (κ2) is 66.6. The second-order valence-corrected chi connectivity index (χ2v) is 22.0. The first-order valence-corrected chi connectivity index (χ1v) is 33.4. The van der Waals surface area contributed by atoms with Gasteiger partial charge in [-0.15, -0.1) is 0 Å². The summed E-state index contributed by atoms with van der Waals surface area (Å²) >= 11 is 0. The van der Waals surface area contributed by atoms with E-state index >= 15 is 0 Å². The number of carbonyl (C=O) groups is 3. The minimum absolute atomic E-state index is 0.0788. The average Bonchev–Trinajstić information content (AvgIpc) is 3.45. The number of allylic oxidation sites excluding steroid dienone is 18. The second-order valence-electron chi connectivity index (χ2n) is 22.0. The highest BCUT2D eigenvalue weighted by atomic mass is 16.6. The van der Waals surface area contributed by atoms with Gasteiger partial charge in [0.2, 0.25) is 0 Å². The topological polar surface area (TPSA) is 78.9 Å². The van der Waals surface area contributed by atoms with E-state index in [1.807, 2.05) is 0 Å². The Morgan fingerprint density at radius 1 is 0.266 bits per heavy atom. The van der Waals surface area contributed by atoms with Crippen molar-refractivity contribution in [2.24, 2.45) is 0 Å². The van der Waals surface area contributed by atoms with Crippen LogP contribution in [0.4, 0.5) is 0 Å². The van der Waals surface area contributed by atoms with E-state index in [0.717, 1.165) is 116 Å². The highest BCUT2D eigenvalue weighted by Crippen LogP contribution is 2.16. The molecule has 0 amide bonds. The lowest BCUT2D eigenvalue weighted by Crippen LogP contribution is -2.30. The van der Waals surface area contributed by atoms with Crippen molar-refractivity contribution in [3.05, 3.63) is 109 Å². The fraction of sp³-hybridized carbons (Fsp3) is 0.712. The highest BCUT2D eigenvalue weighted by Gasteiger charge is 2.19. The van der Waals surface area contributed by atoms with Crippen LogP contribution in [0.1, 0.15) is 316 Å². The molecular weight excluding hydrogens is 973 g/mol. The molecule has 0 N–H and O–H groups in total. The van der Waals surface area contributed by atoms with E-state index in [-0.39, 0.29) is 31.1 Å². The third kappa shape index (κ3) is 64.8. The number of unbranched alkanes of at least 4 members (excludes halogenated alkanes) is 31. The van der Waals surface area contributed by atoms with Crippen LogP contribution in [-0.4, -0.2) is 37.2 Å². The monoisotopic (exact) mass is 1100 g/mol. The maximum absolute atomic E-state index is 12.8. The minimum atomic E-state index is -0.777. The van der Waals surface area contributed by atoms with Crippen LogP contribution < -0.4 is 0 Å². The minimum Gasteiger partial charge on any atom is -0.462 e. The Morgan fingerprint density at radius 2 is 0.494 bits per heavy atom. The van der Waals surface area contributed by atoms with Crippen molar-refractivity contribution in [1.29, 1.82) is 0 Å². The predicted molar refractivity (Wildman–Crippen MR) is 343 cm³/mol. The largest absolute Gasteiger partial charge is 0.462 e. The van der Waals surface area contributed by atoms with Gasteiger partial charge in [0.1, 0.15) is 13.2 Å². The van der Waals surface area contributed by atoms with Crippen molar-refractivity contribution in [3.63, 3.8) is 0 Å². The van der Waals surface area contributed by atoms with Crippen LogP contribution in [0.2, 0.25) is 0 Å². The fourth-order valence-corrected chi connectivity index (χ4v) is 9.28. The predicted octanol–water partition coefficient (Wildman–Crippen LogP) is 23.0. The molecule has 0 saturated carbocycles. The Balaban J connectivity index is 4.03. The summed E-state index contributed by atoms with van der Waals surface area (Å²) in [4.78, 5) is 37.9. The van der Waals surface area contributed by atoms with Crippen LogP contribution in [0, 0.1) is 0 Å². The summed E-state index contributed by atoms with van der Waals surface area (Å²) in [5, 5.41) is 0. The maximum Gasteiger partial charge on any atom is 0.306 e. The summed E-state index contributed by atoms with van der Waals surface area (Å²) in [6, 6.07) is 0. The van der Waals surface area contributed by atoms with Gasteiger partial charge in [0.25, 0.3) is 0 Å². The molecule has 0 fully saturated rings. The molecule has 0 radical (unpaired) electrons. The quantitative estimate of drug-likeness (QED) is 0.0261.